The van der Waals surface area contributed by atoms with Crippen LogP contribution in [0.25, 0.3) is 0 Å². The lowest BCUT2D eigenvalue weighted by atomic mass is 10.0. The largest absolute Gasteiger partial charge is 0.454 e. The second-order valence-electron chi connectivity index (χ2n) is 6.03. The average molecular weight is 349 g/mol. The Morgan fingerprint density at radius 3 is 2.83 bits per heavy atom. The van der Waals surface area contributed by atoms with Crippen LogP contribution in [-0.2, 0) is 36.5 Å². The number of sulfonamides is 1. The van der Waals surface area contributed by atoms with E-state index in [1.807, 2.05) is 11.6 Å². The van der Waals surface area contributed by atoms with E-state index in [0.717, 1.165) is 37.2 Å². The first-order chi connectivity index (χ1) is 11.5. The van der Waals surface area contributed by atoms with Crippen LogP contribution in [0.5, 0.6) is 11.5 Å². The fourth-order valence-corrected chi connectivity index (χ4v) is 4.18. The maximum Gasteiger partial charge on any atom is 0.241 e. The Morgan fingerprint density at radius 2 is 2.00 bits per heavy atom. The maximum atomic E-state index is 12.5. The molecule has 4 rings (SSSR count). The van der Waals surface area contributed by atoms with E-state index in [-0.39, 0.29) is 18.2 Å². The van der Waals surface area contributed by atoms with Crippen LogP contribution in [0.2, 0.25) is 0 Å². The zero-order chi connectivity index (χ0) is 16.7. The van der Waals surface area contributed by atoms with Gasteiger partial charge in [0.05, 0.1) is 17.1 Å². The highest BCUT2D eigenvalue weighted by Crippen LogP contribution is 2.33. The lowest BCUT2D eigenvalue weighted by molar-refractivity contribution is 0.174. The van der Waals surface area contributed by atoms with Crippen LogP contribution in [0.3, 0.4) is 0 Å². The summed E-state index contributed by atoms with van der Waals surface area (Å²) in [6.45, 7) is 0.283. The Kier molecular flexibility index (Phi) is 3.73. The number of fused-ring (bicyclic) bond motifs is 2. The molecular weight excluding hydrogens is 330 g/mol. The lowest BCUT2D eigenvalue weighted by Gasteiger charge is -2.11. The molecule has 0 saturated heterocycles. The second kappa shape index (κ2) is 5.78. The molecule has 0 spiro atoms. The quantitative estimate of drug-likeness (QED) is 0.905. The number of nitrogens with one attached hydrogen (secondary N) is 1. The molecule has 2 aliphatic rings. The van der Waals surface area contributed by atoms with E-state index in [1.54, 1.807) is 6.07 Å². The molecule has 1 N–H and O–H groups in total. The number of aromatic nitrogens is 2. The predicted octanol–water partition coefficient (Wildman–Crippen LogP) is 1.51. The van der Waals surface area contributed by atoms with Gasteiger partial charge < -0.3 is 14.0 Å². The van der Waals surface area contributed by atoms with Crippen molar-refractivity contribution in [1.82, 2.24) is 14.3 Å². The summed E-state index contributed by atoms with van der Waals surface area (Å²) >= 11 is 0. The molecule has 1 aliphatic carbocycles. The monoisotopic (exact) mass is 349 g/mol. The van der Waals surface area contributed by atoms with Crippen LogP contribution >= 0.6 is 0 Å². The van der Waals surface area contributed by atoms with Crippen LogP contribution in [0.4, 0.5) is 0 Å². The zero-order valence-corrected chi connectivity index (χ0v) is 14.2. The average Bonchev–Trinajstić information content (AvgIpc) is 3.17. The van der Waals surface area contributed by atoms with Crippen LogP contribution in [0, 0.1) is 0 Å². The summed E-state index contributed by atoms with van der Waals surface area (Å²) < 4.78 is 40.1. The summed E-state index contributed by atoms with van der Waals surface area (Å²) in [6.07, 6.45) is 4.28. The van der Waals surface area contributed by atoms with Crippen molar-refractivity contribution < 1.29 is 17.9 Å². The molecule has 0 saturated carbocycles. The van der Waals surface area contributed by atoms with Crippen molar-refractivity contribution in [3.63, 3.8) is 0 Å². The SMILES string of the molecule is Cn1c(CNS(=O)(=O)c2ccc3c(c2)OCO3)nc2c1CCCC2. The topological polar surface area (TPSA) is 82.5 Å². The molecule has 128 valence electrons. The number of rotatable bonds is 4. The van der Waals surface area contributed by atoms with E-state index >= 15 is 0 Å². The van der Waals surface area contributed by atoms with E-state index < -0.39 is 10.0 Å². The molecule has 0 bridgehead atoms. The van der Waals surface area contributed by atoms with Gasteiger partial charge in [-0.15, -0.1) is 0 Å². The number of hydrogen-bond acceptors (Lipinski definition) is 5. The van der Waals surface area contributed by atoms with Gasteiger partial charge in [0.25, 0.3) is 0 Å². The summed E-state index contributed by atoms with van der Waals surface area (Å²) in [5.41, 5.74) is 2.32. The van der Waals surface area contributed by atoms with E-state index in [9.17, 15) is 8.42 Å². The fourth-order valence-electron chi connectivity index (χ4n) is 3.19. The molecule has 0 unspecified atom stereocenters. The predicted molar refractivity (Wildman–Crippen MR) is 86.4 cm³/mol. The van der Waals surface area contributed by atoms with Gasteiger partial charge in [-0.1, -0.05) is 0 Å². The number of ether oxygens (including phenoxy) is 2. The smallest absolute Gasteiger partial charge is 0.241 e. The van der Waals surface area contributed by atoms with Crippen LogP contribution in [-0.4, -0.2) is 24.8 Å². The highest BCUT2D eigenvalue weighted by Gasteiger charge is 2.22. The Labute approximate surface area is 140 Å². The van der Waals surface area contributed by atoms with E-state index in [2.05, 4.69) is 9.71 Å². The Hall–Kier alpha value is -2.06. The number of aryl methyl sites for hydroxylation is 1. The van der Waals surface area contributed by atoms with Crippen molar-refractivity contribution >= 4 is 10.0 Å². The highest BCUT2D eigenvalue weighted by atomic mass is 32.2. The highest BCUT2D eigenvalue weighted by molar-refractivity contribution is 7.89. The normalized spacial score (nSPS) is 16.2. The lowest BCUT2D eigenvalue weighted by Crippen LogP contribution is -2.25. The molecule has 0 fully saturated rings. The number of nitrogens with zero attached hydrogens (tertiary/aromatic N) is 2. The molecular formula is C16H19N3O4S. The Bertz CT molecular complexity index is 889. The van der Waals surface area contributed by atoms with Gasteiger partial charge in [-0.25, -0.2) is 18.1 Å². The van der Waals surface area contributed by atoms with Crippen LogP contribution < -0.4 is 14.2 Å². The third kappa shape index (κ3) is 2.65. The molecule has 2 aromatic rings. The first-order valence-corrected chi connectivity index (χ1v) is 9.45. The van der Waals surface area contributed by atoms with Gasteiger partial charge in [0, 0.05) is 18.8 Å². The number of benzene rings is 1. The summed E-state index contributed by atoms with van der Waals surface area (Å²) in [6, 6.07) is 4.60. The van der Waals surface area contributed by atoms with Crippen LogP contribution in [0.1, 0.15) is 30.1 Å². The summed E-state index contributed by atoms with van der Waals surface area (Å²) in [5.74, 6) is 1.75. The van der Waals surface area contributed by atoms with Gasteiger partial charge in [-0.3, -0.25) is 0 Å². The summed E-state index contributed by atoms with van der Waals surface area (Å²) in [4.78, 5) is 4.75. The summed E-state index contributed by atoms with van der Waals surface area (Å²) in [7, 11) is -1.69. The molecule has 7 nitrogen and oxygen atoms in total. The minimum Gasteiger partial charge on any atom is -0.454 e. The molecule has 24 heavy (non-hydrogen) atoms. The van der Waals surface area contributed by atoms with Crippen molar-refractivity contribution in [2.75, 3.05) is 6.79 Å². The zero-order valence-electron chi connectivity index (χ0n) is 13.4. The van der Waals surface area contributed by atoms with Gasteiger partial charge in [-0.2, -0.15) is 0 Å². The third-order valence-electron chi connectivity index (χ3n) is 4.54. The minimum absolute atomic E-state index is 0.116. The first-order valence-electron chi connectivity index (χ1n) is 7.97. The van der Waals surface area contributed by atoms with Gasteiger partial charge in [-0.05, 0) is 37.8 Å². The van der Waals surface area contributed by atoms with Crippen molar-refractivity contribution in [1.29, 1.82) is 0 Å². The van der Waals surface area contributed by atoms with Gasteiger partial charge >= 0.3 is 0 Å². The number of hydrogen-bond donors (Lipinski definition) is 1. The van der Waals surface area contributed by atoms with Crippen molar-refractivity contribution in [2.24, 2.45) is 7.05 Å². The summed E-state index contributed by atoms with van der Waals surface area (Å²) in [5, 5.41) is 0. The molecule has 1 aromatic heterocycles. The fraction of sp³-hybridized carbons (Fsp3) is 0.438. The van der Waals surface area contributed by atoms with Gasteiger partial charge in [0.15, 0.2) is 11.5 Å². The van der Waals surface area contributed by atoms with E-state index in [0.29, 0.717) is 11.5 Å². The molecule has 0 radical (unpaired) electrons. The maximum absolute atomic E-state index is 12.5. The minimum atomic E-state index is -3.64. The van der Waals surface area contributed by atoms with Crippen LogP contribution in [0.15, 0.2) is 23.1 Å². The number of imidazole rings is 1. The van der Waals surface area contributed by atoms with Crippen molar-refractivity contribution in [2.45, 2.75) is 37.1 Å². The second-order valence-corrected chi connectivity index (χ2v) is 7.79. The molecule has 2 heterocycles. The van der Waals surface area contributed by atoms with Crippen molar-refractivity contribution in [3.05, 3.63) is 35.4 Å². The standard InChI is InChI=1S/C16H19N3O4S/c1-19-13-5-3-2-4-12(13)18-16(19)9-17-24(20,21)11-6-7-14-15(8-11)23-10-22-14/h6-8,17H,2-5,9-10H2,1H3. The Morgan fingerprint density at radius 1 is 1.21 bits per heavy atom. The Balaban J connectivity index is 1.54. The molecule has 0 atom stereocenters. The molecule has 0 amide bonds. The third-order valence-corrected chi connectivity index (χ3v) is 5.94. The van der Waals surface area contributed by atoms with Gasteiger partial charge in [0.2, 0.25) is 16.8 Å². The van der Waals surface area contributed by atoms with Gasteiger partial charge in [0.1, 0.15) is 5.82 Å². The first kappa shape index (κ1) is 15.5. The van der Waals surface area contributed by atoms with E-state index in [1.165, 1.54) is 17.8 Å². The molecule has 1 aromatic carbocycles. The molecule has 8 heteroatoms. The molecule has 1 aliphatic heterocycles. The van der Waals surface area contributed by atoms with E-state index in [4.69, 9.17) is 9.47 Å². The van der Waals surface area contributed by atoms with Crippen molar-refractivity contribution in [3.8, 4) is 11.5 Å².